The maximum atomic E-state index is 13.5. The predicted molar refractivity (Wildman–Crippen MR) is 130 cm³/mol. The summed E-state index contributed by atoms with van der Waals surface area (Å²) in [5.41, 5.74) is -1.85. The number of ether oxygens (including phenoxy) is 3. The van der Waals surface area contributed by atoms with E-state index in [0.29, 0.717) is 12.0 Å². The summed E-state index contributed by atoms with van der Waals surface area (Å²) in [7, 11) is 0. The zero-order valence-corrected chi connectivity index (χ0v) is 22.1. The predicted octanol–water partition coefficient (Wildman–Crippen LogP) is 4.40. The molecule has 0 aliphatic heterocycles. The summed E-state index contributed by atoms with van der Waals surface area (Å²) in [6.07, 6.45) is -0.690. The van der Waals surface area contributed by atoms with Crippen molar-refractivity contribution in [2.24, 2.45) is 5.41 Å². The Labute approximate surface area is 211 Å². The Bertz CT molecular complexity index is 1140. The summed E-state index contributed by atoms with van der Waals surface area (Å²) >= 11 is 0. The van der Waals surface area contributed by atoms with Gasteiger partial charge in [0, 0.05) is 36.8 Å². The van der Waals surface area contributed by atoms with Crippen molar-refractivity contribution in [3.8, 4) is 17.2 Å². The SMILES string of the molecule is CC(=O)Oc1c(O)c(C[C@@H](C)OC(C)C)c(O)c2c1[C@@]1(C)C[C@@H](OC(C)=O)CC(C)(C)C1=C(O)C2=O. The lowest BCUT2D eigenvalue weighted by Crippen LogP contribution is -2.49. The normalized spacial score (nSPS) is 23.7. The fourth-order valence-corrected chi connectivity index (χ4v) is 6.14. The first kappa shape index (κ1) is 27.5. The Kier molecular flexibility index (Phi) is 7.20. The molecule has 2 aliphatic rings. The molecule has 0 unspecified atom stereocenters. The first-order valence-electron chi connectivity index (χ1n) is 12.1. The van der Waals surface area contributed by atoms with Gasteiger partial charge in [0.25, 0.3) is 0 Å². The maximum Gasteiger partial charge on any atom is 0.308 e. The van der Waals surface area contributed by atoms with Crippen LogP contribution < -0.4 is 4.74 Å². The average Bonchev–Trinajstić information content (AvgIpc) is 2.68. The van der Waals surface area contributed by atoms with Crippen LogP contribution in [0.2, 0.25) is 0 Å². The highest BCUT2D eigenvalue weighted by atomic mass is 16.5. The van der Waals surface area contributed by atoms with E-state index in [4.69, 9.17) is 14.2 Å². The minimum atomic E-state index is -1.21. The quantitative estimate of drug-likeness (QED) is 0.380. The van der Waals surface area contributed by atoms with E-state index in [1.165, 1.54) is 6.92 Å². The van der Waals surface area contributed by atoms with E-state index in [9.17, 15) is 29.7 Å². The Balaban J connectivity index is 2.36. The van der Waals surface area contributed by atoms with Crippen LogP contribution >= 0.6 is 0 Å². The molecule has 9 heteroatoms. The monoisotopic (exact) mass is 504 g/mol. The molecule has 0 saturated heterocycles. The highest BCUT2D eigenvalue weighted by molar-refractivity contribution is 6.14. The Morgan fingerprint density at radius 3 is 2.14 bits per heavy atom. The van der Waals surface area contributed by atoms with Crippen LogP contribution in [-0.2, 0) is 30.9 Å². The van der Waals surface area contributed by atoms with E-state index in [-0.39, 0.29) is 41.4 Å². The first-order valence-corrected chi connectivity index (χ1v) is 12.1. The van der Waals surface area contributed by atoms with Crippen molar-refractivity contribution in [1.82, 2.24) is 0 Å². The molecule has 0 spiro atoms. The van der Waals surface area contributed by atoms with Gasteiger partial charge in [-0.1, -0.05) is 20.8 Å². The molecule has 0 aromatic heterocycles. The number of aliphatic hydroxyl groups excluding tert-OH is 1. The first-order chi connectivity index (χ1) is 16.5. The number of hydrogen-bond donors (Lipinski definition) is 3. The Morgan fingerprint density at radius 1 is 1.00 bits per heavy atom. The molecule has 9 nitrogen and oxygen atoms in total. The molecule has 0 radical (unpaired) electrons. The highest BCUT2D eigenvalue weighted by Crippen LogP contribution is 2.61. The largest absolute Gasteiger partial charge is 0.507 e. The molecule has 2 aliphatic carbocycles. The lowest BCUT2D eigenvalue weighted by atomic mass is 9.53. The third kappa shape index (κ3) is 4.68. The van der Waals surface area contributed by atoms with Crippen LogP contribution in [0.3, 0.4) is 0 Å². The number of benzene rings is 1. The summed E-state index contributed by atoms with van der Waals surface area (Å²) in [6, 6.07) is 0. The molecular weight excluding hydrogens is 468 g/mol. The number of allylic oxidation sites excluding steroid dienone is 2. The van der Waals surface area contributed by atoms with Crippen LogP contribution in [0.5, 0.6) is 17.2 Å². The molecule has 3 atom stereocenters. The summed E-state index contributed by atoms with van der Waals surface area (Å²) in [5, 5.41) is 33.7. The van der Waals surface area contributed by atoms with E-state index in [1.807, 2.05) is 27.7 Å². The van der Waals surface area contributed by atoms with Crippen molar-refractivity contribution in [1.29, 1.82) is 0 Å². The third-order valence-electron chi connectivity index (χ3n) is 6.91. The molecule has 36 heavy (non-hydrogen) atoms. The van der Waals surface area contributed by atoms with Crippen LogP contribution in [-0.4, -0.2) is 51.4 Å². The van der Waals surface area contributed by atoms with E-state index >= 15 is 0 Å². The highest BCUT2D eigenvalue weighted by Gasteiger charge is 2.56. The molecule has 0 amide bonds. The van der Waals surface area contributed by atoms with Crippen molar-refractivity contribution >= 4 is 17.7 Å². The van der Waals surface area contributed by atoms with Crippen LogP contribution in [0, 0.1) is 5.41 Å². The zero-order valence-electron chi connectivity index (χ0n) is 22.1. The summed E-state index contributed by atoms with van der Waals surface area (Å²) in [6.45, 7) is 13.2. The number of phenolic OH excluding ortho intramolecular Hbond substituents is 2. The molecule has 3 rings (SSSR count). The number of carbonyl (C=O) groups excluding carboxylic acids is 3. The summed E-state index contributed by atoms with van der Waals surface area (Å²) < 4.78 is 16.8. The number of hydrogen-bond acceptors (Lipinski definition) is 9. The van der Waals surface area contributed by atoms with Crippen molar-refractivity contribution in [2.45, 2.75) is 98.4 Å². The second-order valence-corrected chi connectivity index (χ2v) is 11.0. The van der Waals surface area contributed by atoms with E-state index in [0.717, 1.165) is 6.92 Å². The van der Waals surface area contributed by atoms with Gasteiger partial charge >= 0.3 is 11.9 Å². The minimum absolute atomic E-state index is 0.0142. The molecule has 3 N–H and O–H groups in total. The number of fused-ring (bicyclic) bond motifs is 3. The van der Waals surface area contributed by atoms with Gasteiger partial charge in [-0.2, -0.15) is 0 Å². The smallest absolute Gasteiger partial charge is 0.308 e. The van der Waals surface area contributed by atoms with E-state index in [2.05, 4.69) is 0 Å². The lowest BCUT2D eigenvalue weighted by molar-refractivity contribution is -0.149. The molecule has 1 saturated carbocycles. The number of rotatable bonds is 6. The van der Waals surface area contributed by atoms with E-state index < -0.39 is 58.0 Å². The van der Waals surface area contributed by atoms with Gasteiger partial charge in [0.15, 0.2) is 17.3 Å². The number of esters is 2. The second kappa shape index (κ2) is 9.42. The van der Waals surface area contributed by atoms with Crippen molar-refractivity contribution in [3.63, 3.8) is 0 Å². The number of carbonyl (C=O) groups is 3. The maximum absolute atomic E-state index is 13.5. The van der Waals surface area contributed by atoms with Gasteiger partial charge in [-0.05, 0) is 44.6 Å². The topological polar surface area (TPSA) is 140 Å². The number of aliphatic hydroxyl groups is 1. The molecule has 1 aromatic rings. The van der Waals surface area contributed by atoms with Gasteiger partial charge in [-0.15, -0.1) is 0 Å². The van der Waals surface area contributed by atoms with Gasteiger partial charge in [0.1, 0.15) is 11.9 Å². The minimum Gasteiger partial charge on any atom is -0.507 e. The fraction of sp³-hybridized carbons (Fsp3) is 0.593. The van der Waals surface area contributed by atoms with Crippen LogP contribution in [0.1, 0.15) is 89.7 Å². The summed E-state index contributed by atoms with van der Waals surface area (Å²) in [4.78, 5) is 37.5. The van der Waals surface area contributed by atoms with Gasteiger partial charge < -0.3 is 29.5 Å². The molecular formula is C27H36O9. The van der Waals surface area contributed by atoms with Crippen molar-refractivity contribution < 1.29 is 43.9 Å². The molecule has 1 fully saturated rings. The average molecular weight is 505 g/mol. The van der Waals surface area contributed by atoms with Gasteiger partial charge in [-0.25, -0.2) is 0 Å². The second-order valence-electron chi connectivity index (χ2n) is 11.0. The molecule has 0 heterocycles. The Morgan fingerprint density at radius 2 is 1.61 bits per heavy atom. The number of Topliss-reactive ketones (excluding diaryl/α,β-unsaturated/α-hetero) is 1. The van der Waals surface area contributed by atoms with Gasteiger partial charge in [0.2, 0.25) is 5.78 Å². The standard InChI is InChI=1S/C27H36O9/c1-12(2)34-13(3)9-17-20(30)18-19(24(21(17)31)36-15(5)29)27(8)11-16(35-14(4)28)10-26(6,7)25(27)23(33)22(18)32/h12-13,16,30-31,33H,9-11H2,1-8H3/t13-,16+,27-/m1/s1. The number of phenols is 2. The van der Waals surface area contributed by atoms with Crippen LogP contribution in [0.25, 0.3) is 0 Å². The van der Waals surface area contributed by atoms with Crippen LogP contribution in [0.4, 0.5) is 0 Å². The molecule has 1 aromatic carbocycles. The molecule has 0 bridgehead atoms. The number of aromatic hydroxyl groups is 2. The Hall–Kier alpha value is -3.07. The van der Waals surface area contributed by atoms with Crippen LogP contribution in [0.15, 0.2) is 11.3 Å². The van der Waals surface area contributed by atoms with Crippen molar-refractivity contribution in [3.05, 3.63) is 28.0 Å². The number of ketones is 1. The van der Waals surface area contributed by atoms with Gasteiger partial charge in [0.05, 0.1) is 17.8 Å². The van der Waals surface area contributed by atoms with Crippen molar-refractivity contribution in [2.75, 3.05) is 0 Å². The van der Waals surface area contributed by atoms with E-state index in [1.54, 1.807) is 13.8 Å². The fourth-order valence-electron chi connectivity index (χ4n) is 6.14. The third-order valence-corrected chi connectivity index (χ3v) is 6.91. The molecule has 198 valence electrons. The van der Waals surface area contributed by atoms with Gasteiger partial charge in [-0.3, -0.25) is 14.4 Å². The summed E-state index contributed by atoms with van der Waals surface area (Å²) in [5.74, 6) is -3.82. The zero-order chi connectivity index (χ0) is 27.3. The lowest BCUT2D eigenvalue weighted by Gasteiger charge is -2.51.